The summed E-state index contributed by atoms with van der Waals surface area (Å²) in [4.78, 5) is 16.7. The smallest absolute Gasteiger partial charge is 0.338 e. The number of rotatable bonds is 4. The summed E-state index contributed by atoms with van der Waals surface area (Å²) in [5.41, 5.74) is 4.51. The molecule has 3 aromatic rings. The molecular weight excluding hydrogens is 306 g/mol. The van der Waals surface area contributed by atoms with Gasteiger partial charge in [-0.1, -0.05) is 48.0 Å². The van der Waals surface area contributed by atoms with Gasteiger partial charge in [0, 0.05) is 10.9 Å². The maximum Gasteiger partial charge on any atom is 0.338 e. The van der Waals surface area contributed by atoms with Gasteiger partial charge in [-0.2, -0.15) is 0 Å². The number of nitrogens with zero attached hydrogens (tertiary/aromatic N) is 1. The first kappa shape index (κ1) is 15.4. The summed E-state index contributed by atoms with van der Waals surface area (Å²) in [5, 5.41) is 2.86. The topological polar surface area (TPSA) is 39.2 Å². The molecule has 0 bridgehead atoms. The summed E-state index contributed by atoms with van der Waals surface area (Å²) in [6, 6.07) is 15.7. The quantitative estimate of drug-likeness (QED) is 0.648. The Labute approximate surface area is 139 Å². The number of hydrogen-bond donors (Lipinski definition) is 0. The highest BCUT2D eigenvalue weighted by Crippen LogP contribution is 2.23. The molecule has 0 aliphatic rings. The number of hydrogen-bond acceptors (Lipinski definition) is 4. The number of aryl methyl sites for hydroxylation is 2. The minimum atomic E-state index is -0.309. The third-order valence-electron chi connectivity index (χ3n) is 3.53. The zero-order valence-corrected chi connectivity index (χ0v) is 13.9. The first-order valence-corrected chi connectivity index (χ1v) is 8.25. The van der Waals surface area contributed by atoms with Crippen LogP contribution in [0.3, 0.4) is 0 Å². The Bertz CT molecular complexity index is 824. The molecule has 3 rings (SSSR count). The summed E-state index contributed by atoms with van der Waals surface area (Å²) < 4.78 is 5.39. The second-order valence-corrected chi connectivity index (χ2v) is 6.26. The maximum absolute atomic E-state index is 12.2. The fourth-order valence-electron chi connectivity index (χ4n) is 2.35. The van der Waals surface area contributed by atoms with E-state index in [1.165, 1.54) is 0 Å². The molecule has 0 N–H and O–H groups in total. The van der Waals surface area contributed by atoms with Crippen molar-refractivity contribution in [2.75, 3.05) is 0 Å². The van der Waals surface area contributed by atoms with E-state index in [1.807, 2.05) is 67.8 Å². The van der Waals surface area contributed by atoms with E-state index in [-0.39, 0.29) is 12.6 Å². The number of thiazole rings is 1. The molecule has 4 heteroatoms. The largest absolute Gasteiger partial charge is 0.456 e. The third kappa shape index (κ3) is 3.66. The maximum atomic E-state index is 12.2. The average molecular weight is 323 g/mol. The van der Waals surface area contributed by atoms with E-state index in [1.54, 1.807) is 11.3 Å². The van der Waals surface area contributed by atoms with Gasteiger partial charge in [0.2, 0.25) is 0 Å². The van der Waals surface area contributed by atoms with Crippen LogP contribution in [0.25, 0.3) is 10.6 Å². The van der Waals surface area contributed by atoms with Crippen molar-refractivity contribution in [3.05, 3.63) is 76.3 Å². The van der Waals surface area contributed by atoms with E-state index in [0.29, 0.717) is 5.56 Å². The summed E-state index contributed by atoms with van der Waals surface area (Å²) in [6.07, 6.45) is 0. The molecule has 0 saturated carbocycles. The van der Waals surface area contributed by atoms with E-state index in [9.17, 15) is 4.79 Å². The Morgan fingerprint density at radius 3 is 2.65 bits per heavy atom. The van der Waals surface area contributed by atoms with Crippen LogP contribution in [0.2, 0.25) is 0 Å². The highest BCUT2D eigenvalue weighted by molar-refractivity contribution is 7.13. The Kier molecular flexibility index (Phi) is 4.53. The van der Waals surface area contributed by atoms with Gasteiger partial charge in [0.05, 0.1) is 11.3 Å². The van der Waals surface area contributed by atoms with Gasteiger partial charge >= 0.3 is 5.97 Å². The molecular formula is C19H17NO2S. The standard InChI is InChI=1S/C19H17NO2S/c1-13-8-9-17(14(2)10-13)19(21)22-11-16-12-23-18(20-16)15-6-4-3-5-7-15/h3-10,12H,11H2,1-2H3. The molecule has 2 aromatic carbocycles. The Morgan fingerprint density at radius 2 is 1.91 bits per heavy atom. The molecule has 0 saturated heterocycles. The third-order valence-corrected chi connectivity index (χ3v) is 4.47. The SMILES string of the molecule is Cc1ccc(C(=O)OCc2csc(-c3ccccc3)n2)c(C)c1. The van der Waals surface area contributed by atoms with Gasteiger partial charge in [-0.15, -0.1) is 11.3 Å². The van der Waals surface area contributed by atoms with Gasteiger partial charge in [-0.05, 0) is 25.5 Å². The first-order valence-electron chi connectivity index (χ1n) is 7.37. The molecule has 0 aliphatic carbocycles. The Balaban J connectivity index is 1.67. The van der Waals surface area contributed by atoms with Crippen LogP contribution < -0.4 is 0 Å². The molecule has 0 radical (unpaired) electrons. The number of carbonyl (C=O) groups is 1. The van der Waals surface area contributed by atoms with Crippen molar-refractivity contribution in [2.24, 2.45) is 0 Å². The monoisotopic (exact) mass is 323 g/mol. The molecule has 0 fully saturated rings. The predicted molar refractivity (Wildman–Crippen MR) is 92.6 cm³/mol. The molecule has 1 heterocycles. The Hall–Kier alpha value is -2.46. The molecule has 0 aliphatic heterocycles. The number of carbonyl (C=O) groups excluding carboxylic acids is 1. The number of esters is 1. The minimum absolute atomic E-state index is 0.190. The van der Waals surface area contributed by atoms with E-state index in [2.05, 4.69) is 4.98 Å². The van der Waals surface area contributed by atoms with E-state index < -0.39 is 0 Å². The van der Waals surface area contributed by atoms with Crippen LogP contribution in [0.15, 0.2) is 53.9 Å². The van der Waals surface area contributed by atoms with Crippen LogP contribution in [-0.4, -0.2) is 11.0 Å². The summed E-state index contributed by atoms with van der Waals surface area (Å²) in [7, 11) is 0. The average Bonchev–Trinajstić information content (AvgIpc) is 3.02. The van der Waals surface area contributed by atoms with E-state index in [4.69, 9.17) is 4.74 Å². The van der Waals surface area contributed by atoms with E-state index >= 15 is 0 Å². The van der Waals surface area contributed by atoms with Crippen LogP contribution in [-0.2, 0) is 11.3 Å². The zero-order valence-electron chi connectivity index (χ0n) is 13.1. The van der Waals surface area contributed by atoms with Crippen molar-refractivity contribution in [1.29, 1.82) is 0 Å². The van der Waals surface area contributed by atoms with Gasteiger partial charge in [-0.25, -0.2) is 9.78 Å². The molecule has 116 valence electrons. The van der Waals surface area contributed by atoms with Crippen LogP contribution in [0, 0.1) is 13.8 Å². The number of benzene rings is 2. The van der Waals surface area contributed by atoms with Crippen molar-refractivity contribution in [1.82, 2.24) is 4.98 Å². The van der Waals surface area contributed by atoms with Crippen LogP contribution in [0.5, 0.6) is 0 Å². The lowest BCUT2D eigenvalue weighted by molar-refractivity contribution is 0.0467. The second kappa shape index (κ2) is 6.75. The Morgan fingerprint density at radius 1 is 1.13 bits per heavy atom. The van der Waals surface area contributed by atoms with Gasteiger partial charge < -0.3 is 4.74 Å². The zero-order chi connectivity index (χ0) is 16.2. The molecule has 0 amide bonds. The summed E-state index contributed by atoms with van der Waals surface area (Å²) >= 11 is 1.55. The van der Waals surface area contributed by atoms with Gasteiger partial charge in [0.15, 0.2) is 0 Å². The van der Waals surface area contributed by atoms with Crippen molar-refractivity contribution < 1.29 is 9.53 Å². The van der Waals surface area contributed by atoms with Crippen LogP contribution in [0.4, 0.5) is 0 Å². The lowest BCUT2D eigenvalue weighted by Crippen LogP contribution is -2.07. The molecule has 3 nitrogen and oxygen atoms in total. The lowest BCUT2D eigenvalue weighted by Gasteiger charge is -2.06. The van der Waals surface area contributed by atoms with Crippen molar-refractivity contribution >= 4 is 17.3 Å². The summed E-state index contributed by atoms with van der Waals surface area (Å²) in [5.74, 6) is -0.309. The number of ether oxygens (including phenoxy) is 1. The minimum Gasteiger partial charge on any atom is -0.456 e. The molecule has 0 atom stereocenters. The van der Waals surface area contributed by atoms with Crippen molar-refractivity contribution in [3.8, 4) is 10.6 Å². The fraction of sp³-hybridized carbons (Fsp3) is 0.158. The fourth-order valence-corrected chi connectivity index (χ4v) is 3.16. The highest BCUT2D eigenvalue weighted by Gasteiger charge is 2.12. The van der Waals surface area contributed by atoms with Gasteiger partial charge in [-0.3, -0.25) is 0 Å². The predicted octanol–water partition coefficient (Wildman–Crippen LogP) is 4.78. The number of aromatic nitrogens is 1. The van der Waals surface area contributed by atoms with Crippen molar-refractivity contribution in [3.63, 3.8) is 0 Å². The summed E-state index contributed by atoms with van der Waals surface area (Å²) in [6.45, 7) is 4.11. The normalized spacial score (nSPS) is 10.5. The second-order valence-electron chi connectivity index (χ2n) is 5.40. The lowest BCUT2D eigenvalue weighted by atomic mass is 10.1. The first-order chi connectivity index (χ1) is 11.1. The molecule has 0 spiro atoms. The van der Waals surface area contributed by atoms with Crippen LogP contribution in [0.1, 0.15) is 27.2 Å². The van der Waals surface area contributed by atoms with Crippen molar-refractivity contribution in [2.45, 2.75) is 20.5 Å². The van der Waals surface area contributed by atoms with Gasteiger partial charge in [0.1, 0.15) is 11.6 Å². The van der Waals surface area contributed by atoms with Crippen LogP contribution >= 0.6 is 11.3 Å². The van der Waals surface area contributed by atoms with E-state index in [0.717, 1.165) is 27.4 Å². The molecule has 0 unspecified atom stereocenters. The van der Waals surface area contributed by atoms with Gasteiger partial charge in [0.25, 0.3) is 0 Å². The molecule has 1 aromatic heterocycles. The highest BCUT2D eigenvalue weighted by atomic mass is 32.1. The molecule has 23 heavy (non-hydrogen) atoms.